The highest BCUT2D eigenvalue weighted by Gasteiger charge is 2.43. The summed E-state index contributed by atoms with van der Waals surface area (Å²) in [5.74, 6) is 1.85. The number of piperazine rings is 1. The van der Waals surface area contributed by atoms with Crippen LogP contribution in [0, 0.1) is 11.3 Å². The number of nitrogens with zero attached hydrogens (tertiary/aromatic N) is 8. The minimum Gasteiger partial charge on any atom is -0.391 e. The van der Waals surface area contributed by atoms with E-state index in [9.17, 15) is 15.2 Å². The highest BCUT2D eigenvalue weighted by Crippen LogP contribution is 2.48. The van der Waals surface area contributed by atoms with Crippen LogP contribution in [-0.4, -0.2) is 80.9 Å². The third-order valence-electron chi connectivity index (χ3n) is 8.64. The first-order valence-electron chi connectivity index (χ1n) is 13.9. The Labute approximate surface area is 242 Å². The number of anilines is 3. The summed E-state index contributed by atoms with van der Waals surface area (Å²) in [6.45, 7) is 10.5. The zero-order valence-corrected chi connectivity index (χ0v) is 24.0. The van der Waals surface area contributed by atoms with Gasteiger partial charge in [-0.2, -0.15) is 15.2 Å². The van der Waals surface area contributed by atoms with Crippen LogP contribution in [0.4, 0.5) is 16.8 Å². The second kappa shape index (κ2) is 10.4. The molecule has 214 valence electrons. The molecular weight excluding hydrogens is 542 g/mol. The van der Waals surface area contributed by atoms with Gasteiger partial charge in [-0.25, -0.2) is 4.98 Å². The number of aliphatic hydroxyl groups excluding tert-OH is 1. The SMILES string of the molecule is C=CC(=O)N1CCN(c2cc(-c3noc([C@@]4(C)CCCc5sc(N)c(C#N)c54)n3)nc(N3CC[C@H](O)[C@@H]3C)n2)CC1. The third-order valence-corrected chi connectivity index (χ3v) is 9.72. The van der Waals surface area contributed by atoms with E-state index in [1.807, 2.05) is 24.8 Å². The van der Waals surface area contributed by atoms with Crippen molar-refractivity contribution in [2.24, 2.45) is 0 Å². The molecule has 12 nitrogen and oxygen atoms in total. The Morgan fingerprint density at radius 3 is 2.76 bits per heavy atom. The number of thiophene rings is 1. The van der Waals surface area contributed by atoms with Gasteiger partial charge in [-0.1, -0.05) is 11.7 Å². The number of amides is 1. The molecule has 3 aromatic rings. The molecule has 3 aromatic heterocycles. The number of carbonyl (C=O) groups excluding carboxylic acids is 1. The van der Waals surface area contributed by atoms with E-state index in [0.29, 0.717) is 78.9 Å². The van der Waals surface area contributed by atoms with Crippen LogP contribution >= 0.6 is 11.3 Å². The molecule has 3 aliphatic rings. The third kappa shape index (κ3) is 4.61. The van der Waals surface area contributed by atoms with Crippen LogP contribution in [0.2, 0.25) is 0 Å². The Kier molecular flexibility index (Phi) is 6.91. The monoisotopic (exact) mass is 575 g/mol. The van der Waals surface area contributed by atoms with Gasteiger partial charge >= 0.3 is 0 Å². The van der Waals surface area contributed by atoms with Crippen LogP contribution in [0.1, 0.15) is 55.0 Å². The van der Waals surface area contributed by atoms with E-state index >= 15 is 0 Å². The fourth-order valence-corrected chi connectivity index (χ4v) is 7.37. The summed E-state index contributed by atoms with van der Waals surface area (Å²) in [7, 11) is 0. The first kappa shape index (κ1) is 27.2. The summed E-state index contributed by atoms with van der Waals surface area (Å²) < 4.78 is 5.88. The summed E-state index contributed by atoms with van der Waals surface area (Å²) in [5, 5.41) is 25.1. The van der Waals surface area contributed by atoms with Crippen molar-refractivity contribution < 1.29 is 14.4 Å². The Morgan fingerprint density at radius 1 is 1.29 bits per heavy atom. The molecule has 0 bridgehead atoms. The van der Waals surface area contributed by atoms with E-state index in [2.05, 4.69) is 22.7 Å². The lowest BCUT2D eigenvalue weighted by Crippen LogP contribution is -2.48. The quantitative estimate of drug-likeness (QED) is 0.430. The maximum atomic E-state index is 12.1. The van der Waals surface area contributed by atoms with Crippen LogP contribution < -0.4 is 15.5 Å². The van der Waals surface area contributed by atoms with Gasteiger partial charge in [-0.15, -0.1) is 11.3 Å². The first-order valence-corrected chi connectivity index (χ1v) is 14.7. The molecule has 1 amide bonds. The molecule has 6 rings (SSSR count). The lowest BCUT2D eigenvalue weighted by molar-refractivity contribution is -0.126. The number of aliphatic hydroxyl groups is 1. The van der Waals surface area contributed by atoms with Gasteiger partial charge in [0.25, 0.3) is 0 Å². The van der Waals surface area contributed by atoms with E-state index in [-0.39, 0.29) is 11.9 Å². The van der Waals surface area contributed by atoms with Gasteiger partial charge < -0.3 is 30.1 Å². The molecule has 3 atom stereocenters. The number of carbonyl (C=O) groups is 1. The van der Waals surface area contributed by atoms with Gasteiger partial charge in [-0.05, 0) is 45.6 Å². The maximum absolute atomic E-state index is 12.1. The number of hydrogen-bond acceptors (Lipinski definition) is 12. The Hall–Kier alpha value is -4.02. The van der Waals surface area contributed by atoms with Crippen molar-refractivity contribution in [2.45, 2.75) is 57.1 Å². The zero-order chi connectivity index (χ0) is 28.9. The lowest BCUT2D eigenvalue weighted by atomic mass is 9.72. The van der Waals surface area contributed by atoms with Crippen molar-refractivity contribution >= 4 is 34.0 Å². The highest BCUT2D eigenvalue weighted by molar-refractivity contribution is 7.16. The number of fused-ring (bicyclic) bond motifs is 1. The van der Waals surface area contributed by atoms with Crippen molar-refractivity contribution in [1.82, 2.24) is 25.0 Å². The number of rotatable bonds is 5. The molecule has 1 aliphatic carbocycles. The molecule has 2 fully saturated rings. The number of aromatic nitrogens is 4. The Balaban J connectivity index is 1.37. The topological polar surface area (TPSA) is 162 Å². The van der Waals surface area contributed by atoms with Gasteiger partial charge in [0, 0.05) is 49.2 Å². The normalized spacial score (nSPS) is 24.3. The summed E-state index contributed by atoms with van der Waals surface area (Å²) in [5.41, 5.74) is 7.45. The minimum absolute atomic E-state index is 0.0841. The highest BCUT2D eigenvalue weighted by atomic mass is 32.1. The van der Waals surface area contributed by atoms with Crippen molar-refractivity contribution in [1.29, 1.82) is 5.26 Å². The lowest BCUT2D eigenvalue weighted by Gasteiger charge is -2.35. The second-order valence-electron chi connectivity index (χ2n) is 11.1. The van der Waals surface area contributed by atoms with Gasteiger partial charge in [0.2, 0.25) is 23.6 Å². The molecule has 0 saturated carbocycles. The molecule has 0 aromatic carbocycles. The fourth-order valence-electron chi connectivity index (χ4n) is 6.18. The predicted molar refractivity (Wildman–Crippen MR) is 155 cm³/mol. The summed E-state index contributed by atoms with van der Waals surface area (Å²) >= 11 is 1.46. The molecule has 13 heteroatoms. The predicted octanol–water partition coefficient (Wildman–Crippen LogP) is 2.48. The molecule has 2 aliphatic heterocycles. The second-order valence-corrected chi connectivity index (χ2v) is 12.2. The first-order chi connectivity index (χ1) is 19.7. The van der Waals surface area contributed by atoms with E-state index in [0.717, 1.165) is 29.7 Å². The number of nitrogen functional groups attached to an aromatic ring is 1. The number of nitriles is 1. The van der Waals surface area contributed by atoms with E-state index in [4.69, 9.17) is 25.2 Å². The summed E-state index contributed by atoms with van der Waals surface area (Å²) in [6, 6.07) is 3.99. The Morgan fingerprint density at radius 2 is 2.07 bits per heavy atom. The molecule has 2 saturated heterocycles. The van der Waals surface area contributed by atoms with Gasteiger partial charge in [-0.3, -0.25) is 4.79 Å². The molecule has 41 heavy (non-hydrogen) atoms. The van der Waals surface area contributed by atoms with Crippen LogP contribution in [-0.2, 0) is 16.6 Å². The van der Waals surface area contributed by atoms with Crippen molar-refractivity contribution in [3.05, 3.63) is 40.6 Å². The summed E-state index contributed by atoms with van der Waals surface area (Å²) in [6.07, 6.45) is 4.04. The fraction of sp³-hybridized carbons (Fsp3) is 0.500. The Bertz CT molecular complexity index is 1540. The van der Waals surface area contributed by atoms with Gasteiger partial charge in [0.15, 0.2) is 0 Å². The zero-order valence-electron chi connectivity index (χ0n) is 23.2. The maximum Gasteiger partial charge on any atom is 0.246 e. The van der Waals surface area contributed by atoms with E-state index in [1.54, 1.807) is 4.90 Å². The molecular formula is C28H33N9O3S. The van der Waals surface area contributed by atoms with Crippen LogP contribution in [0.15, 0.2) is 23.2 Å². The molecule has 0 radical (unpaired) electrons. The van der Waals surface area contributed by atoms with E-state index in [1.165, 1.54) is 17.4 Å². The van der Waals surface area contributed by atoms with Crippen LogP contribution in [0.5, 0.6) is 0 Å². The molecule has 0 spiro atoms. The largest absolute Gasteiger partial charge is 0.391 e. The van der Waals surface area contributed by atoms with E-state index < -0.39 is 11.5 Å². The van der Waals surface area contributed by atoms with Crippen molar-refractivity contribution in [3.63, 3.8) is 0 Å². The van der Waals surface area contributed by atoms with Gasteiger partial charge in [0.05, 0.1) is 23.1 Å². The van der Waals surface area contributed by atoms with Crippen molar-refractivity contribution in [2.75, 3.05) is 48.3 Å². The number of hydrogen-bond donors (Lipinski definition) is 2. The van der Waals surface area contributed by atoms with Crippen LogP contribution in [0.3, 0.4) is 0 Å². The standard InChI is InChI=1S/C28H33N9O3S/c1-4-22(39)36-12-10-35(11-13-36)21-14-18(31-27(32-21)37-9-7-19(38)16(37)2)25-33-26(40-34-25)28(3)8-5-6-20-23(28)17(15-29)24(30)41-20/h4,14,16,19,38H,1,5-13,30H2,2-3H3/t16-,19-,28-/m0/s1. The minimum atomic E-state index is -0.641. The average molecular weight is 576 g/mol. The molecule has 5 heterocycles. The van der Waals surface area contributed by atoms with Crippen LogP contribution in [0.25, 0.3) is 11.5 Å². The molecule has 3 N–H and O–H groups in total. The van der Waals surface area contributed by atoms with Crippen molar-refractivity contribution in [3.8, 4) is 17.6 Å². The smallest absolute Gasteiger partial charge is 0.246 e. The summed E-state index contributed by atoms with van der Waals surface area (Å²) in [4.78, 5) is 33.6. The van der Waals surface area contributed by atoms with Gasteiger partial charge in [0.1, 0.15) is 22.6 Å². The average Bonchev–Trinajstić information content (AvgIpc) is 3.70. The number of aryl methyl sites for hydroxylation is 1. The molecule has 0 unspecified atom stereocenters. The number of nitrogens with two attached hydrogens (primary N) is 1.